The predicted octanol–water partition coefficient (Wildman–Crippen LogP) is 2.90. The van der Waals surface area contributed by atoms with Crippen molar-refractivity contribution >= 4 is 23.2 Å². The highest BCUT2D eigenvalue weighted by Gasteiger charge is 2.07. The number of rotatable bonds is 3. The fourth-order valence-electron chi connectivity index (χ4n) is 1.44. The molecule has 1 N–H and O–H groups in total. The molecule has 5 heteroatoms. The lowest BCUT2D eigenvalue weighted by Crippen LogP contribution is -2.06. The van der Waals surface area contributed by atoms with Crippen molar-refractivity contribution in [2.45, 2.75) is 6.54 Å². The molecule has 0 bridgehead atoms. The van der Waals surface area contributed by atoms with Gasteiger partial charge in [-0.05, 0) is 25.2 Å². The van der Waals surface area contributed by atoms with Crippen LogP contribution in [0, 0.1) is 0 Å². The molecule has 1 aromatic carbocycles. The van der Waals surface area contributed by atoms with Crippen LogP contribution in [0.25, 0.3) is 5.69 Å². The van der Waals surface area contributed by atoms with Gasteiger partial charge in [0.25, 0.3) is 0 Å². The lowest BCUT2D eigenvalue weighted by atomic mass is 10.3. The lowest BCUT2D eigenvalue weighted by molar-refractivity contribution is 0.757. The van der Waals surface area contributed by atoms with Crippen molar-refractivity contribution in [1.29, 1.82) is 0 Å². The third-order valence-corrected chi connectivity index (χ3v) is 2.99. The van der Waals surface area contributed by atoms with Crippen molar-refractivity contribution in [3.8, 4) is 5.69 Å². The molecule has 1 aromatic heterocycles. The largest absolute Gasteiger partial charge is 0.314 e. The molecule has 0 aliphatic rings. The average molecular weight is 256 g/mol. The number of aromatic nitrogens is 2. The molecule has 1 heterocycles. The Balaban J connectivity index is 2.39. The molecule has 2 aromatic rings. The standard InChI is InChI=1S/C11H11Cl2N3/c1-14-7-8-5-6-16(15-8)10-4-2-3-9(12)11(10)13/h2-6,14H,7H2,1H3. The monoisotopic (exact) mass is 255 g/mol. The van der Waals surface area contributed by atoms with Gasteiger partial charge in [-0.2, -0.15) is 5.10 Å². The molecule has 0 unspecified atom stereocenters. The van der Waals surface area contributed by atoms with Gasteiger partial charge in [0.05, 0.1) is 21.4 Å². The van der Waals surface area contributed by atoms with Crippen molar-refractivity contribution in [1.82, 2.24) is 15.1 Å². The first kappa shape index (κ1) is 11.5. The Labute approximate surface area is 104 Å². The van der Waals surface area contributed by atoms with E-state index in [4.69, 9.17) is 23.2 Å². The van der Waals surface area contributed by atoms with Crippen LogP contribution in [0.4, 0.5) is 0 Å². The fraction of sp³-hybridized carbons (Fsp3) is 0.182. The summed E-state index contributed by atoms with van der Waals surface area (Å²) in [6, 6.07) is 7.42. The minimum atomic E-state index is 0.517. The smallest absolute Gasteiger partial charge is 0.0849 e. The number of benzene rings is 1. The molecule has 0 saturated heterocycles. The van der Waals surface area contributed by atoms with Crippen molar-refractivity contribution in [2.75, 3.05) is 7.05 Å². The molecule has 0 radical (unpaired) electrons. The number of hydrogen-bond donors (Lipinski definition) is 1. The van der Waals surface area contributed by atoms with E-state index in [0.29, 0.717) is 10.0 Å². The quantitative estimate of drug-likeness (QED) is 0.915. The van der Waals surface area contributed by atoms with Gasteiger partial charge in [0.1, 0.15) is 0 Å². The summed E-state index contributed by atoms with van der Waals surface area (Å²) in [6.07, 6.45) is 1.87. The summed E-state index contributed by atoms with van der Waals surface area (Å²) in [4.78, 5) is 0. The van der Waals surface area contributed by atoms with Gasteiger partial charge in [-0.3, -0.25) is 0 Å². The van der Waals surface area contributed by atoms with Crippen molar-refractivity contribution < 1.29 is 0 Å². The van der Waals surface area contributed by atoms with Gasteiger partial charge in [0.2, 0.25) is 0 Å². The van der Waals surface area contributed by atoms with E-state index in [9.17, 15) is 0 Å². The first-order valence-electron chi connectivity index (χ1n) is 4.86. The van der Waals surface area contributed by atoms with Gasteiger partial charge in [-0.1, -0.05) is 29.3 Å². The van der Waals surface area contributed by atoms with E-state index in [1.54, 1.807) is 10.7 Å². The van der Waals surface area contributed by atoms with E-state index in [2.05, 4.69) is 10.4 Å². The zero-order valence-corrected chi connectivity index (χ0v) is 10.3. The van der Waals surface area contributed by atoms with Crippen LogP contribution in [0.2, 0.25) is 10.0 Å². The Kier molecular flexibility index (Phi) is 3.49. The highest BCUT2D eigenvalue weighted by molar-refractivity contribution is 6.43. The zero-order chi connectivity index (χ0) is 11.5. The van der Waals surface area contributed by atoms with E-state index in [-0.39, 0.29) is 0 Å². The second-order valence-corrected chi connectivity index (χ2v) is 4.14. The Morgan fingerprint density at radius 2 is 2.12 bits per heavy atom. The predicted molar refractivity (Wildman–Crippen MR) is 66.3 cm³/mol. The summed E-state index contributed by atoms with van der Waals surface area (Å²) in [5.41, 5.74) is 1.75. The molecule has 0 fully saturated rings. The SMILES string of the molecule is CNCc1ccn(-c2cccc(Cl)c2Cl)n1. The second-order valence-electron chi connectivity index (χ2n) is 3.35. The topological polar surface area (TPSA) is 29.9 Å². The van der Waals surface area contributed by atoms with E-state index in [1.807, 2.05) is 31.4 Å². The fourth-order valence-corrected chi connectivity index (χ4v) is 1.82. The first-order valence-corrected chi connectivity index (χ1v) is 5.61. The van der Waals surface area contributed by atoms with Gasteiger partial charge < -0.3 is 5.32 Å². The van der Waals surface area contributed by atoms with Gasteiger partial charge in [0, 0.05) is 12.7 Å². The average Bonchev–Trinajstić information content (AvgIpc) is 2.71. The van der Waals surface area contributed by atoms with Crippen LogP contribution in [0.15, 0.2) is 30.5 Å². The normalized spacial score (nSPS) is 10.7. The van der Waals surface area contributed by atoms with Crippen LogP contribution in [0.3, 0.4) is 0 Å². The third kappa shape index (κ3) is 2.21. The number of nitrogens with one attached hydrogen (secondary N) is 1. The third-order valence-electron chi connectivity index (χ3n) is 2.18. The molecule has 16 heavy (non-hydrogen) atoms. The zero-order valence-electron chi connectivity index (χ0n) is 8.74. The van der Waals surface area contributed by atoms with Crippen molar-refractivity contribution in [3.05, 3.63) is 46.2 Å². The maximum atomic E-state index is 6.11. The Hall–Kier alpha value is -1.03. The maximum Gasteiger partial charge on any atom is 0.0849 e. The summed E-state index contributed by atoms with van der Waals surface area (Å²) in [6.45, 7) is 0.727. The molecule has 0 saturated carbocycles. The van der Waals surface area contributed by atoms with Crippen LogP contribution < -0.4 is 5.32 Å². The highest BCUT2D eigenvalue weighted by Crippen LogP contribution is 2.27. The van der Waals surface area contributed by atoms with Crippen molar-refractivity contribution in [2.24, 2.45) is 0 Å². The summed E-state index contributed by atoms with van der Waals surface area (Å²) in [7, 11) is 1.88. The first-order chi connectivity index (χ1) is 7.72. The summed E-state index contributed by atoms with van der Waals surface area (Å²) in [5.74, 6) is 0. The highest BCUT2D eigenvalue weighted by atomic mass is 35.5. The summed E-state index contributed by atoms with van der Waals surface area (Å²) < 4.78 is 1.72. The number of halogens is 2. The molecule has 0 spiro atoms. The van der Waals surface area contributed by atoms with Crippen molar-refractivity contribution in [3.63, 3.8) is 0 Å². The molecule has 0 aliphatic carbocycles. The number of hydrogen-bond acceptors (Lipinski definition) is 2. The molecule has 2 rings (SSSR count). The molecule has 84 valence electrons. The van der Waals surface area contributed by atoms with E-state index < -0.39 is 0 Å². The Morgan fingerprint density at radius 1 is 1.31 bits per heavy atom. The second kappa shape index (κ2) is 4.87. The van der Waals surface area contributed by atoms with Gasteiger partial charge in [-0.25, -0.2) is 4.68 Å². The molecule has 3 nitrogen and oxygen atoms in total. The summed E-state index contributed by atoms with van der Waals surface area (Å²) >= 11 is 12.1. The van der Waals surface area contributed by atoms with Crippen LogP contribution in [-0.4, -0.2) is 16.8 Å². The molecule has 0 aliphatic heterocycles. The Morgan fingerprint density at radius 3 is 2.88 bits per heavy atom. The van der Waals surface area contributed by atoms with Gasteiger partial charge >= 0.3 is 0 Å². The van der Waals surface area contributed by atoms with Gasteiger partial charge in [0.15, 0.2) is 0 Å². The minimum absolute atomic E-state index is 0.517. The summed E-state index contributed by atoms with van der Waals surface area (Å²) in [5, 5.41) is 8.47. The van der Waals surface area contributed by atoms with E-state index >= 15 is 0 Å². The molecule has 0 atom stereocenters. The van der Waals surface area contributed by atoms with Crippen LogP contribution >= 0.6 is 23.2 Å². The minimum Gasteiger partial charge on any atom is -0.314 e. The van der Waals surface area contributed by atoms with E-state index in [0.717, 1.165) is 17.9 Å². The van der Waals surface area contributed by atoms with Gasteiger partial charge in [-0.15, -0.1) is 0 Å². The molecule has 0 amide bonds. The lowest BCUT2D eigenvalue weighted by Gasteiger charge is -2.05. The van der Waals surface area contributed by atoms with E-state index in [1.165, 1.54) is 0 Å². The molecular formula is C11H11Cl2N3. The molecular weight excluding hydrogens is 245 g/mol. The van der Waals surface area contributed by atoms with Crippen LogP contribution in [-0.2, 0) is 6.54 Å². The Bertz CT molecular complexity index is 494. The maximum absolute atomic E-state index is 6.11. The van der Waals surface area contributed by atoms with Crippen LogP contribution in [0.1, 0.15) is 5.69 Å². The van der Waals surface area contributed by atoms with Crippen LogP contribution in [0.5, 0.6) is 0 Å². The number of nitrogens with zero attached hydrogens (tertiary/aromatic N) is 2.